The SMILES string of the molecule is Cc1ccc(Cl)c(NC(=O)CN[C@@H](c2ccccc2)c2ccco2)c1Cl. The second kappa shape index (κ2) is 8.41. The number of carbonyl (C=O) groups excluding carboxylic acids is 1. The summed E-state index contributed by atoms with van der Waals surface area (Å²) >= 11 is 12.4. The van der Waals surface area contributed by atoms with Gasteiger partial charge in [-0.1, -0.05) is 59.6 Å². The first kappa shape index (κ1) is 18.5. The molecule has 0 bridgehead atoms. The van der Waals surface area contributed by atoms with Gasteiger partial charge in [-0.25, -0.2) is 0 Å². The lowest BCUT2D eigenvalue weighted by molar-refractivity contribution is -0.115. The van der Waals surface area contributed by atoms with Crippen LogP contribution in [-0.4, -0.2) is 12.5 Å². The molecular formula is C20H18Cl2N2O2. The zero-order valence-corrected chi connectivity index (χ0v) is 15.6. The van der Waals surface area contributed by atoms with Crippen LogP contribution in [0.4, 0.5) is 5.69 Å². The highest BCUT2D eigenvalue weighted by Gasteiger charge is 2.18. The summed E-state index contributed by atoms with van der Waals surface area (Å²) in [6, 6.07) is 16.8. The van der Waals surface area contributed by atoms with Gasteiger partial charge in [-0.2, -0.15) is 0 Å². The van der Waals surface area contributed by atoms with E-state index in [1.807, 2.05) is 49.4 Å². The topological polar surface area (TPSA) is 54.3 Å². The van der Waals surface area contributed by atoms with E-state index in [0.29, 0.717) is 15.7 Å². The first-order chi connectivity index (χ1) is 12.6. The number of hydrogen-bond donors (Lipinski definition) is 2. The summed E-state index contributed by atoms with van der Waals surface area (Å²) in [5.41, 5.74) is 2.27. The summed E-state index contributed by atoms with van der Waals surface area (Å²) in [4.78, 5) is 12.4. The minimum atomic E-state index is -0.244. The fraction of sp³-hybridized carbons (Fsp3) is 0.150. The van der Waals surface area contributed by atoms with Gasteiger partial charge in [-0.15, -0.1) is 0 Å². The maximum atomic E-state index is 12.4. The number of carbonyl (C=O) groups is 1. The van der Waals surface area contributed by atoms with Crippen molar-refractivity contribution in [1.29, 1.82) is 0 Å². The molecule has 0 saturated heterocycles. The van der Waals surface area contributed by atoms with Crippen LogP contribution < -0.4 is 10.6 Å². The van der Waals surface area contributed by atoms with E-state index in [2.05, 4.69) is 10.6 Å². The highest BCUT2D eigenvalue weighted by Crippen LogP contribution is 2.32. The Morgan fingerprint density at radius 2 is 1.85 bits per heavy atom. The molecule has 1 amide bonds. The van der Waals surface area contributed by atoms with Crippen molar-refractivity contribution in [3.05, 3.63) is 87.8 Å². The molecular weight excluding hydrogens is 371 g/mol. The van der Waals surface area contributed by atoms with Crippen LogP contribution in [0.1, 0.15) is 22.9 Å². The van der Waals surface area contributed by atoms with Gasteiger partial charge in [0, 0.05) is 0 Å². The van der Waals surface area contributed by atoms with Crippen molar-refractivity contribution < 1.29 is 9.21 Å². The van der Waals surface area contributed by atoms with Crippen molar-refractivity contribution in [3.63, 3.8) is 0 Å². The van der Waals surface area contributed by atoms with Crippen LogP contribution in [-0.2, 0) is 4.79 Å². The van der Waals surface area contributed by atoms with Crippen LogP contribution in [0.2, 0.25) is 10.0 Å². The van der Waals surface area contributed by atoms with E-state index < -0.39 is 0 Å². The molecule has 26 heavy (non-hydrogen) atoms. The van der Waals surface area contributed by atoms with Gasteiger partial charge in [0.05, 0.1) is 34.6 Å². The molecule has 0 radical (unpaired) electrons. The van der Waals surface area contributed by atoms with E-state index in [0.717, 1.165) is 16.9 Å². The Hall–Kier alpha value is -2.27. The Kier molecular flexibility index (Phi) is 5.99. The number of amides is 1. The molecule has 2 aromatic carbocycles. The summed E-state index contributed by atoms with van der Waals surface area (Å²) < 4.78 is 5.52. The fourth-order valence-electron chi connectivity index (χ4n) is 2.63. The first-order valence-corrected chi connectivity index (χ1v) is 8.88. The van der Waals surface area contributed by atoms with Gasteiger partial charge < -0.3 is 9.73 Å². The molecule has 1 heterocycles. The van der Waals surface area contributed by atoms with E-state index in [1.165, 1.54) is 0 Å². The number of aryl methyl sites for hydroxylation is 1. The number of furan rings is 1. The van der Waals surface area contributed by atoms with Crippen LogP contribution >= 0.6 is 23.2 Å². The van der Waals surface area contributed by atoms with Crippen molar-refractivity contribution >= 4 is 34.8 Å². The zero-order chi connectivity index (χ0) is 18.5. The minimum absolute atomic E-state index is 0.0703. The Morgan fingerprint density at radius 3 is 2.54 bits per heavy atom. The molecule has 4 nitrogen and oxygen atoms in total. The molecule has 0 spiro atoms. The third-order valence-electron chi connectivity index (χ3n) is 3.98. The molecule has 0 aliphatic carbocycles. The number of halogens is 2. The number of benzene rings is 2. The van der Waals surface area contributed by atoms with Crippen LogP contribution in [0.3, 0.4) is 0 Å². The lowest BCUT2D eigenvalue weighted by atomic mass is 10.0. The van der Waals surface area contributed by atoms with Gasteiger partial charge in [0.15, 0.2) is 0 Å². The zero-order valence-electron chi connectivity index (χ0n) is 14.1. The van der Waals surface area contributed by atoms with Crippen LogP contribution in [0, 0.1) is 6.92 Å². The summed E-state index contributed by atoms with van der Waals surface area (Å²) in [6.07, 6.45) is 1.61. The van der Waals surface area contributed by atoms with Crippen LogP contribution in [0.5, 0.6) is 0 Å². The number of rotatable bonds is 6. The highest BCUT2D eigenvalue weighted by atomic mass is 35.5. The highest BCUT2D eigenvalue weighted by molar-refractivity contribution is 6.40. The summed E-state index contributed by atoms with van der Waals surface area (Å²) in [5, 5.41) is 6.84. The van der Waals surface area contributed by atoms with E-state index in [4.69, 9.17) is 27.6 Å². The van der Waals surface area contributed by atoms with Crippen molar-refractivity contribution in [2.75, 3.05) is 11.9 Å². The number of anilines is 1. The third-order valence-corrected chi connectivity index (χ3v) is 4.78. The molecule has 0 aliphatic rings. The molecule has 0 fully saturated rings. The normalized spacial score (nSPS) is 12.0. The molecule has 0 saturated carbocycles. The molecule has 134 valence electrons. The van der Waals surface area contributed by atoms with Crippen molar-refractivity contribution in [1.82, 2.24) is 5.32 Å². The lowest BCUT2D eigenvalue weighted by Gasteiger charge is -2.17. The average molecular weight is 389 g/mol. The van der Waals surface area contributed by atoms with E-state index in [-0.39, 0.29) is 18.5 Å². The Balaban J connectivity index is 1.72. The standard InChI is InChI=1S/C20H18Cl2N2O2/c1-13-9-10-15(21)20(18(13)22)24-17(25)12-23-19(16-8-5-11-26-16)14-6-3-2-4-7-14/h2-11,19,23H,12H2,1H3,(H,24,25)/t19-/m0/s1. The predicted molar refractivity (Wildman–Crippen MR) is 105 cm³/mol. The molecule has 1 atom stereocenters. The van der Waals surface area contributed by atoms with Crippen LogP contribution in [0.25, 0.3) is 0 Å². The summed E-state index contributed by atoms with van der Waals surface area (Å²) in [6.45, 7) is 1.93. The van der Waals surface area contributed by atoms with Gasteiger partial charge in [-0.05, 0) is 36.2 Å². The predicted octanol–water partition coefficient (Wildman–Crippen LogP) is 5.21. The molecule has 6 heteroatoms. The monoisotopic (exact) mass is 388 g/mol. The first-order valence-electron chi connectivity index (χ1n) is 8.12. The molecule has 3 aromatic rings. The fourth-order valence-corrected chi connectivity index (χ4v) is 3.10. The van der Waals surface area contributed by atoms with Crippen molar-refractivity contribution in [2.24, 2.45) is 0 Å². The minimum Gasteiger partial charge on any atom is -0.467 e. The Morgan fingerprint density at radius 1 is 1.08 bits per heavy atom. The van der Waals surface area contributed by atoms with Gasteiger partial charge in [0.1, 0.15) is 5.76 Å². The Labute approximate surface area is 162 Å². The van der Waals surface area contributed by atoms with Gasteiger partial charge in [-0.3, -0.25) is 10.1 Å². The quantitative estimate of drug-likeness (QED) is 0.608. The van der Waals surface area contributed by atoms with Gasteiger partial charge in [0.25, 0.3) is 0 Å². The second-order valence-corrected chi connectivity index (χ2v) is 6.63. The van der Waals surface area contributed by atoms with Gasteiger partial charge >= 0.3 is 0 Å². The van der Waals surface area contributed by atoms with E-state index >= 15 is 0 Å². The van der Waals surface area contributed by atoms with Crippen molar-refractivity contribution in [2.45, 2.75) is 13.0 Å². The van der Waals surface area contributed by atoms with Gasteiger partial charge in [0.2, 0.25) is 5.91 Å². The number of nitrogens with one attached hydrogen (secondary N) is 2. The number of hydrogen-bond acceptors (Lipinski definition) is 3. The molecule has 3 rings (SSSR count). The molecule has 0 unspecified atom stereocenters. The summed E-state index contributed by atoms with van der Waals surface area (Å²) in [5.74, 6) is 0.488. The maximum Gasteiger partial charge on any atom is 0.238 e. The molecule has 0 aliphatic heterocycles. The van der Waals surface area contributed by atoms with Crippen LogP contribution in [0.15, 0.2) is 65.3 Å². The molecule has 1 aromatic heterocycles. The third kappa shape index (κ3) is 4.28. The van der Waals surface area contributed by atoms with E-state index in [9.17, 15) is 4.79 Å². The average Bonchev–Trinajstić information content (AvgIpc) is 3.17. The maximum absolute atomic E-state index is 12.4. The largest absolute Gasteiger partial charge is 0.467 e. The molecule has 2 N–H and O–H groups in total. The van der Waals surface area contributed by atoms with Crippen molar-refractivity contribution in [3.8, 4) is 0 Å². The lowest BCUT2D eigenvalue weighted by Crippen LogP contribution is -2.31. The van der Waals surface area contributed by atoms with E-state index in [1.54, 1.807) is 18.4 Å². The smallest absolute Gasteiger partial charge is 0.238 e. The summed E-state index contributed by atoms with van der Waals surface area (Å²) in [7, 11) is 0. The second-order valence-electron chi connectivity index (χ2n) is 5.84. The Bertz CT molecular complexity index is 880.